The van der Waals surface area contributed by atoms with Gasteiger partial charge >= 0.3 is 18.0 Å². The molecule has 0 radical (unpaired) electrons. The van der Waals surface area contributed by atoms with Gasteiger partial charge in [0.1, 0.15) is 19.3 Å². The normalized spacial score (nSPS) is 11.5. The maximum Gasteiger partial charge on any atom is 0.408 e. The van der Waals surface area contributed by atoms with Gasteiger partial charge in [0.25, 0.3) is 0 Å². The molecule has 0 aliphatic carbocycles. The number of alkyl carbamates (subject to hydrolysis) is 1. The van der Waals surface area contributed by atoms with Crippen LogP contribution in [0.5, 0.6) is 0 Å². The summed E-state index contributed by atoms with van der Waals surface area (Å²) in [6.45, 7) is 1.39. The molecule has 3 rings (SSSR count). The molecule has 0 aliphatic heterocycles. The van der Waals surface area contributed by atoms with Crippen molar-refractivity contribution in [2.24, 2.45) is 0 Å². The van der Waals surface area contributed by atoms with Gasteiger partial charge in [-0.1, -0.05) is 36.4 Å². The highest BCUT2D eigenvalue weighted by molar-refractivity contribution is 5.85. The molecule has 0 spiro atoms. The molecular weight excluding hydrogens is 402 g/mol. The largest absolute Gasteiger partial charge is 0.467 e. The lowest BCUT2D eigenvalue weighted by Crippen LogP contribution is -2.43. The van der Waals surface area contributed by atoms with Gasteiger partial charge in [-0.25, -0.2) is 9.59 Å². The summed E-state index contributed by atoms with van der Waals surface area (Å²) in [6.07, 6.45) is 0.988. The summed E-state index contributed by atoms with van der Waals surface area (Å²) in [5, 5.41) is 10.2. The Labute approximate surface area is 178 Å². The number of H-pyrrole nitrogens is 1. The van der Waals surface area contributed by atoms with Gasteiger partial charge in [0.15, 0.2) is 0 Å². The Morgan fingerprint density at radius 1 is 1.06 bits per heavy atom. The minimum Gasteiger partial charge on any atom is -0.467 e. The fourth-order valence-electron chi connectivity index (χ4n) is 3.12. The number of hydrogen-bond donors (Lipinski definition) is 2. The van der Waals surface area contributed by atoms with Gasteiger partial charge in [-0.3, -0.25) is 9.89 Å². The summed E-state index contributed by atoms with van der Waals surface area (Å²) in [5.74, 6) is -1.05. The van der Waals surface area contributed by atoms with E-state index in [0.29, 0.717) is 11.1 Å². The van der Waals surface area contributed by atoms with E-state index in [1.165, 1.54) is 14.0 Å². The van der Waals surface area contributed by atoms with Gasteiger partial charge < -0.3 is 19.5 Å². The van der Waals surface area contributed by atoms with E-state index in [-0.39, 0.29) is 19.6 Å². The molecule has 0 saturated carbocycles. The molecule has 2 aromatic carbocycles. The van der Waals surface area contributed by atoms with Crippen LogP contribution in [-0.2, 0) is 43.4 Å². The molecule has 1 amide bonds. The van der Waals surface area contributed by atoms with Crippen LogP contribution in [0.25, 0.3) is 10.9 Å². The number of amides is 1. The van der Waals surface area contributed by atoms with Crippen molar-refractivity contribution >= 4 is 28.9 Å². The van der Waals surface area contributed by atoms with Crippen molar-refractivity contribution in [2.45, 2.75) is 32.6 Å². The SMILES string of the molecule is COC(=O)C(Cc1ccc2[nH]ncc2c1COC(C)=O)NC(=O)OCc1ccccc1. The Bertz CT molecular complexity index is 1060. The molecule has 9 nitrogen and oxygen atoms in total. The zero-order valence-electron chi connectivity index (χ0n) is 17.2. The summed E-state index contributed by atoms with van der Waals surface area (Å²) >= 11 is 0. The molecule has 2 N–H and O–H groups in total. The quantitative estimate of drug-likeness (QED) is 0.420. The summed E-state index contributed by atoms with van der Waals surface area (Å²) in [5.41, 5.74) is 2.97. The number of rotatable bonds is 8. The average Bonchev–Trinajstić information content (AvgIpc) is 3.25. The van der Waals surface area contributed by atoms with E-state index in [1.807, 2.05) is 30.3 Å². The molecule has 31 heavy (non-hydrogen) atoms. The minimum atomic E-state index is -0.992. The lowest BCUT2D eigenvalue weighted by Gasteiger charge is -2.19. The van der Waals surface area contributed by atoms with Gasteiger partial charge in [0.2, 0.25) is 0 Å². The second-order valence-corrected chi connectivity index (χ2v) is 6.80. The van der Waals surface area contributed by atoms with Crippen LogP contribution in [0.3, 0.4) is 0 Å². The number of benzene rings is 2. The molecule has 9 heteroatoms. The third-order valence-corrected chi connectivity index (χ3v) is 4.67. The number of carbonyl (C=O) groups excluding carboxylic acids is 3. The van der Waals surface area contributed by atoms with Crippen LogP contribution < -0.4 is 5.32 Å². The molecule has 162 valence electrons. The average molecular weight is 425 g/mol. The number of ether oxygens (including phenoxy) is 3. The fourth-order valence-corrected chi connectivity index (χ4v) is 3.12. The van der Waals surface area contributed by atoms with Crippen LogP contribution >= 0.6 is 0 Å². The number of nitrogens with one attached hydrogen (secondary N) is 2. The van der Waals surface area contributed by atoms with E-state index < -0.39 is 24.1 Å². The smallest absolute Gasteiger partial charge is 0.408 e. The zero-order valence-corrected chi connectivity index (χ0v) is 17.2. The van der Waals surface area contributed by atoms with E-state index in [4.69, 9.17) is 14.2 Å². The van der Waals surface area contributed by atoms with Crippen LogP contribution in [0.1, 0.15) is 23.6 Å². The Balaban J connectivity index is 1.76. The van der Waals surface area contributed by atoms with Crippen LogP contribution in [0.2, 0.25) is 0 Å². The fraction of sp³-hybridized carbons (Fsp3) is 0.273. The molecule has 0 bridgehead atoms. The molecule has 1 aromatic heterocycles. The number of methoxy groups -OCH3 is 1. The molecule has 1 heterocycles. The number of esters is 2. The van der Waals surface area contributed by atoms with Crippen molar-refractivity contribution in [3.63, 3.8) is 0 Å². The third kappa shape index (κ3) is 5.81. The molecule has 1 atom stereocenters. The van der Waals surface area contributed by atoms with Gasteiger partial charge in [-0.05, 0) is 17.2 Å². The Hall–Kier alpha value is -3.88. The Morgan fingerprint density at radius 2 is 1.84 bits per heavy atom. The first-order valence-corrected chi connectivity index (χ1v) is 9.60. The van der Waals surface area contributed by atoms with Gasteiger partial charge in [0.05, 0.1) is 18.8 Å². The molecular formula is C22H23N3O6. The monoisotopic (exact) mass is 425 g/mol. The first kappa shape index (κ1) is 21.8. The lowest BCUT2D eigenvalue weighted by molar-refractivity contribution is -0.143. The third-order valence-electron chi connectivity index (χ3n) is 4.67. The Morgan fingerprint density at radius 3 is 2.55 bits per heavy atom. The molecule has 0 saturated heterocycles. The summed E-state index contributed by atoms with van der Waals surface area (Å²) < 4.78 is 15.2. The second-order valence-electron chi connectivity index (χ2n) is 6.80. The maximum atomic E-state index is 12.3. The van der Waals surface area contributed by atoms with Crippen molar-refractivity contribution in [1.29, 1.82) is 0 Å². The number of nitrogens with zero attached hydrogens (tertiary/aromatic N) is 1. The highest BCUT2D eigenvalue weighted by Gasteiger charge is 2.25. The molecule has 3 aromatic rings. The standard InChI is InChI=1S/C22H23N3O6/c1-14(26)30-13-18-16(8-9-19-17(18)11-23-25-19)10-20(21(27)29-2)24-22(28)31-12-15-6-4-3-5-7-15/h3-9,11,20H,10,12-13H2,1-2H3,(H,23,25)(H,24,28). The summed E-state index contributed by atoms with van der Waals surface area (Å²) in [6, 6.07) is 11.8. The minimum absolute atomic E-state index is 0.00782. The zero-order chi connectivity index (χ0) is 22.2. The van der Waals surface area contributed by atoms with E-state index >= 15 is 0 Å². The second kappa shape index (κ2) is 10.2. The van der Waals surface area contributed by atoms with E-state index in [1.54, 1.807) is 18.3 Å². The first-order chi connectivity index (χ1) is 15.0. The van der Waals surface area contributed by atoms with Crippen LogP contribution in [0.15, 0.2) is 48.7 Å². The predicted octanol–water partition coefficient (Wildman–Crippen LogP) is 2.64. The Kier molecular flexibility index (Phi) is 7.21. The number of hydrogen-bond acceptors (Lipinski definition) is 7. The van der Waals surface area contributed by atoms with E-state index in [0.717, 1.165) is 16.5 Å². The van der Waals surface area contributed by atoms with Gasteiger partial charge in [-0.2, -0.15) is 5.10 Å². The number of fused-ring (bicyclic) bond motifs is 1. The molecule has 1 unspecified atom stereocenters. The number of aromatic amines is 1. The van der Waals surface area contributed by atoms with Crippen molar-refractivity contribution < 1.29 is 28.6 Å². The van der Waals surface area contributed by atoms with Crippen molar-refractivity contribution in [3.8, 4) is 0 Å². The van der Waals surface area contributed by atoms with Crippen LogP contribution in [-0.4, -0.2) is 41.4 Å². The molecule has 0 aliphatic rings. The number of aromatic nitrogens is 2. The maximum absolute atomic E-state index is 12.3. The predicted molar refractivity (Wildman–Crippen MR) is 111 cm³/mol. The highest BCUT2D eigenvalue weighted by atomic mass is 16.6. The summed E-state index contributed by atoms with van der Waals surface area (Å²) in [7, 11) is 1.24. The molecule has 0 fully saturated rings. The number of carbonyl (C=O) groups is 3. The van der Waals surface area contributed by atoms with Crippen molar-refractivity contribution in [2.75, 3.05) is 7.11 Å². The first-order valence-electron chi connectivity index (χ1n) is 9.60. The highest BCUT2D eigenvalue weighted by Crippen LogP contribution is 2.23. The topological polar surface area (TPSA) is 120 Å². The van der Waals surface area contributed by atoms with Crippen molar-refractivity contribution in [3.05, 3.63) is 65.4 Å². The van der Waals surface area contributed by atoms with E-state index in [2.05, 4.69) is 15.5 Å². The summed E-state index contributed by atoms with van der Waals surface area (Å²) in [4.78, 5) is 35.9. The van der Waals surface area contributed by atoms with E-state index in [9.17, 15) is 14.4 Å². The van der Waals surface area contributed by atoms with Crippen molar-refractivity contribution in [1.82, 2.24) is 15.5 Å². The van der Waals surface area contributed by atoms with Crippen LogP contribution in [0.4, 0.5) is 4.79 Å². The van der Waals surface area contributed by atoms with Gasteiger partial charge in [0, 0.05) is 24.3 Å². The van der Waals surface area contributed by atoms with Gasteiger partial charge in [-0.15, -0.1) is 0 Å². The lowest BCUT2D eigenvalue weighted by atomic mass is 9.97. The van der Waals surface area contributed by atoms with Crippen LogP contribution in [0, 0.1) is 0 Å².